The van der Waals surface area contributed by atoms with Crippen molar-refractivity contribution >= 4 is 125 Å². The molecule has 14 rings (SSSR count). The summed E-state index contributed by atoms with van der Waals surface area (Å²) in [7, 11) is 0. The third-order valence-electron chi connectivity index (χ3n) is 12.6. The van der Waals surface area contributed by atoms with Crippen LogP contribution >= 0.6 is 11.3 Å². The molecule has 0 atom stereocenters. The minimum Gasteiger partial charge on any atom is -0.456 e. The number of benzene rings is 9. The monoisotopic (exact) mass is 769 g/mol. The van der Waals surface area contributed by atoms with Crippen molar-refractivity contribution < 1.29 is 4.42 Å². The number of anilines is 3. The predicted octanol–water partition coefficient (Wildman–Crippen LogP) is 15.6. The molecular weight excluding hydrogens is 739 g/mol. The quantitative estimate of drug-likeness (QED) is 0.167. The first-order valence-corrected chi connectivity index (χ1v) is 20.9. The third kappa shape index (κ3) is 4.21. The number of rotatable bonds is 4. The number of furan rings is 1. The number of aromatic nitrogens is 2. The molecule has 5 aromatic heterocycles. The van der Waals surface area contributed by atoms with E-state index in [9.17, 15) is 0 Å². The maximum atomic E-state index is 6.50. The Labute approximate surface area is 340 Å². The van der Waals surface area contributed by atoms with Crippen LogP contribution in [0.4, 0.5) is 17.1 Å². The molecule has 4 nitrogen and oxygen atoms in total. The number of thiophene rings is 1. The predicted molar refractivity (Wildman–Crippen MR) is 250 cm³/mol. The van der Waals surface area contributed by atoms with Crippen LogP contribution in [0.15, 0.2) is 192 Å². The van der Waals surface area contributed by atoms with E-state index in [1.54, 1.807) is 0 Å². The van der Waals surface area contributed by atoms with Gasteiger partial charge in [-0.25, -0.2) is 0 Å². The Kier molecular flexibility index (Phi) is 6.14. The normalized spacial score (nSPS) is 12.4. The molecule has 5 heterocycles. The van der Waals surface area contributed by atoms with Gasteiger partial charge in [-0.1, -0.05) is 109 Å². The molecule has 0 aliphatic rings. The lowest BCUT2D eigenvalue weighted by Crippen LogP contribution is -2.10. The van der Waals surface area contributed by atoms with Crippen molar-refractivity contribution in [2.24, 2.45) is 0 Å². The van der Waals surface area contributed by atoms with E-state index in [1.165, 1.54) is 80.4 Å². The van der Waals surface area contributed by atoms with E-state index in [0.717, 1.165) is 44.5 Å². The highest BCUT2D eigenvalue weighted by Crippen LogP contribution is 2.46. The zero-order valence-electron chi connectivity index (χ0n) is 31.6. The minimum absolute atomic E-state index is 0.868. The molecule has 0 N–H and O–H groups in total. The minimum atomic E-state index is 0.868. The first-order valence-electron chi connectivity index (χ1n) is 20.1. The van der Waals surface area contributed by atoms with Crippen molar-refractivity contribution in [2.45, 2.75) is 0 Å². The van der Waals surface area contributed by atoms with E-state index in [2.05, 4.69) is 190 Å². The molecule has 0 saturated heterocycles. The van der Waals surface area contributed by atoms with Gasteiger partial charge in [0.2, 0.25) is 0 Å². The lowest BCUT2D eigenvalue weighted by atomic mass is 9.99. The molecule has 14 aromatic rings. The highest BCUT2D eigenvalue weighted by molar-refractivity contribution is 7.25. The molecule has 0 radical (unpaired) electrons. The molecule has 0 aliphatic heterocycles. The van der Waals surface area contributed by atoms with Crippen molar-refractivity contribution in [3.05, 3.63) is 188 Å². The fraction of sp³-hybridized carbons (Fsp3) is 0. The van der Waals surface area contributed by atoms with E-state index in [1.807, 2.05) is 23.5 Å². The molecule has 9 aromatic carbocycles. The molecule has 274 valence electrons. The summed E-state index contributed by atoms with van der Waals surface area (Å²) in [5.74, 6) is 0. The second-order valence-electron chi connectivity index (χ2n) is 15.7. The maximum absolute atomic E-state index is 6.50. The second-order valence-corrected chi connectivity index (χ2v) is 16.8. The molecule has 0 bridgehead atoms. The summed E-state index contributed by atoms with van der Waals surface area (Å²) >= 11 is 1.86. The fourth-order valence-corrected chi connectivity index (χ4v) is 11.3. The zero-order valence-corrected chi connectivity index (χ0v) is 32.4. The molecule has 0 aliphatic carbocycles. The summed E-state index contributed by atoms with van der Waals surface area (Å²) in [4.78, 5) is 2.38. The van der Waals surface area contributed by atoms with Gasteiger partial charge in [-0.2, -0.15) is 0 Å². The van der Waals surface area contributed by atoms with Gasteiger partial charge in [-0.05, 0) is 83.9 Å². The number of fused-ring (bicyclic) bond motifs is 15. The third-order valence-corrected chi connectivity index (χ3v) is 13.8. The van der Waals surface area contributed by atoms with Crippen molar-refractivity contribution in [2.75, 3.05) is 4.90 Å². The fourth-order valence-electron chi connectivity index (χ4n) is 10.1. The van der Waals surface area contributed by atoms with Gasteiger partial charge in [-0.3, -0.25) is 0 Å². The highest BCUT2D eigenvalue weighted by Gasteiger charge is 2.23. The van der Waals surface area contributed by atoms with Gasteiger partial charge in [0, 0.05) is 75.6 Å². The number of hydrogen-bond donors (Lipinski definition) is 0. The molecule has 0 saturated carbocycles. The number of para-hydroxylation sites is 3. The Hall–Kier alpha value is -7.60. The van der Waals surface area contributed by atoms with E-state index in [0.29, 0.717) is 0 Å². The Bertz CT molecular complexity index is 4030. The maximum Gasteiger partial charge on any atom is 0.137 e. The van der Waals surface area contributed by atoms with Crippen LogP contribution in [0.2, 0.25) is 0 Å². The summed E-state index contributed by atoms with van der Waals surface area (Å²) in [5, 5.41) is 9.94. The SMILES string of the molecule is c1ccc2c(c1)oc1cc(N(c3ccc(-c4cccc5sc6ccccc6c45)cc3)c3ccc4c(c3)n3c5ccccc5c5ccc6c7ccccc7n4c6c53)ccc12. The lowest BCUT2D eigenvalue weighted by Gasteiger charge is -2.26. The van der Waals surface area contributed by atoms with Crippen LogP contribution in [0, 0.1) is 0 Å². The van der Waals surface area contributed by atoms with Gasteiger partial charge in [0.1, 0.15) is 11.2 Å². The average molecular weight is 770 g/mol. The van der Waals surface area contributed by atoms with E-state index in [-0.39, 0.29) is 0 Å². The summed E-state index contributed by atoms with van der Waals surface area (Å²) in [5.41, 5.74) is 14.6. The van der Waals surface area contributed by atoms with Crippen LogP contribution in [0.1, 0.15) is 0 Å². The Morgan fingerprint density at radius 3 is 1.73 bits per heavy atom. The van der Waals surface area contributed by atoms with Gasteiger partial charge in [0.05, 0.1) is 33.1 Å². The number of nitrogens with zero attached hydrogens (tertiary/aromatic N) is 3. The lowest BCUT2D eigenvalue weighted by molar-refractivity contribution is 0.669. The summed E-state index contributed by atoms with van der Waals surface area (Å²) in [6, 6.07) is 68.7. The summed E-state index contributed by atoms with van der Waals surface area (Å²) in [6.45, 7) is 0. The Balaban J connectivity index is 1.04. The van der Waals surface area contributed by atoms with Crippen molar-refractivity contribution in [1.29, 1.82) is 0 Å². The van der Waals surface area contributed by atoms with Crippen molar-refractivity contribution in [1.82, 2.24) is 8.80 Å². The van der Waals surface area contributed by atoms with Crippen LogP contribution in [0.5, 0.6) is 0 Å². The molecular formula is C54H31N3OS. The van der Waals surface area contributed by atoms with Crippen LogP contribution in [0.3, 0.4) is 0 Å². The van der Waals surface area contributed by atoms with Gasteiger partial charge < -0.3 is 18.1 Å². The van der Waals surface area contributed by atoms with Crippen molar-refractivity contribution in [3.8, 4) is 11.1 Å². The first-order chi connectivity index (χ1) is 29.3. The molecule has 59 heavy (non-hydrogen) atoms. The molecule has 0 spiro atoms. The first kappa shape index (κ1) is 31.5. The highest BCUT2D eigenvalue weighted by atomic mass is 32.1. The molecule has 0 amide bonds. The standard InChI is InChI=1S/C54H31N3OS/c1-5-15-44-37(10-1)41-27-28-42-38-11-2-6-16-45(38)57-47-30-34(25-29-46(47)56(44)53(41)54(42)57)55(35-24-26-40-39-12-3-7-17-48(39)58-49(40)31-35)33-22-20-32(21-23-33)36-14-9-19-51-52(36)43-13-4-8-18-50(43)59-51/h1-31H. The van der Waals surface area contributed by atoms with Gasteiger partial charge >= 0.3 is 0 Å². The van der Waals surface area contributed by atoms with E-state index >= 15 is 0 Å². The average Bonchev–Trinajstić information content (AvgIpc) is 4.04. The Morgan fingerprint density at radius 2 is 0.949 bits per heavy atom. The van der Waals surface area contributed by atoms with Gasteiger partial charge in [0.15, 0.2) is 0 Å². The van der Waals surface area contributed by atoms with Crippen LogP contribution in [-0.2, 0) is 0 Å². The molecule has 0 fully saturated rings. The zero-order chi connectivity index (χ0) is 38.3. The molecule has 5 heteroatoms. The molecule has 0 unspecified atom stereocenters. The van der Waals surface area contributed by atoms with Crippen LogP contribution in [-0.4, -0.2) is 8.80 Å². The van der Waals surface area contributed by atoms with Gasteiger partial charge in [0.25, 0.3) is 0 Å². The van der Waals surface area contributed by atoms with Crippen LogP contribution < -0.4 is 4.90 Å². The number of hydrogen-bond acceptors (Lipinski definition) is 3. The topological polar surface area (TPSA) is 25.2 Å². The van der Waals surface area contributed by atoms with E-state index < -0.39 is 0 Å². The van der Waals surface area contributed by atoms with Crippen LogP contribution in [0.25, 0.3) is 108 Å². The van der Waals surface area contributed by atoms with E-state index in [4.69, 9.17) is 4.42 Å². The summed E-state index contributed by atoms with van der Waals surface area (Å²) < 4.78 is 14.1. The van der Waals surface area contributed by atoms with Gasteiger partial charge in [-0.15, -0.1) is 11.3 Å². The largest absolute Gasteiger partial charge is 0.456 e. The Morgan fingerprint density at radius 1 is 0.373 bits per heavy atom. The second kappa shape index (κ2) is 11.5. The smallest absolute Gasteiger partial charge is 0.137 e. The summed E-state index contributed by atoms with van der Waals surface area (Å²) in [6.07, 6.45) is 0. The van der Waals surface area contributed by atoms with Crippen molar-refractivity contribution in [3.63, 3.8) is 0 Å².